The Labute approximate surface area is 191 Å². The molecule has 0 saturated carbocycles. The van der Waals surface area contributed by atoms with Crippen molar-refractivity contribution in [3.63, 3.8) is 0 Å². The molecule has 1 aliphatic heterocycles. The van der Waals surface area contributed by atoms with E-state index in [2.05, 4.69) is 23.9 Å². The molecule has 0 spiro atoms. The van der Waals surface area contributed by atoms with Crippen molar-refractivity contribution < 1.29 is 27.9 Å². The lowest BCUT2D eigenvalue weighted by Crippen LogP contribution is -2.41. The maximum Gasteiger partial charge on any atom is 0.387 e. The highest BCUT2D eigenvalue weighted by molar-refractivity contribution is 6.11. The highest BCUT2D eigenvalue weighted by Gasteiger charge is 2.49. The summed E-state index contributed by atoms with van der Waals surface area (Å²) in [7, 11) is 0. The molecule has 33 heavy (non-hydrogen) atoms. The van der Waals surface area contributed by atoms with Gasteiger partial charge in [0.1, 0.15) is 11.3 Å². The summed E-state index contributed by atoms with van der Waals surface area (Å²) in [4.78, 5) is 39.8. The van der Waals surface area contributed by atoms with E-state index in [1.54, 1.807) is 6.07 Å². The number of rotatable bonds is 8. The highest BCUT2D eigenvalue weighted by Crippen LogP contribution is 2.31. The van der Waals surface area contributed by atoms with E-state index in [1.165, 1.54) is 31.2 Å². The zero-order valence-electron chi connectivity index (χ0n) is 19.3. The van der Waals surface area contributed by atoms with Crippen LogP contribution in [0.25, 0.3) is 0 Å². The summed E-state index contributed by atoms with van der Waals surface area (Å²) in [5.41, 5.74) is 1.43. The van der Waals surface area contributed by atoms with Gasteiger partial charge in [-0.15, -0.1) is 0 Å². The Morgan fingerprint density at radius 3 is 2.21 bits per heavy atom. The van der Waals surface area contributed by atoms with Crippen LogP contribution in [0.1, 0.15) is 73.5 Å². The number of nitrogens with zero attached hydrogens (tertiary/aromatic N) is 1. The van der Waals surface area contributed by atoms with E-state index in [0.717, 1.165) is 16.0 Å². The lowest BCUT2D eigenvalue weighted by molar-refractivity contribution is -0.130. The number of imide groups is 1. The first-order valence-corrected chi connectivity index (χ1v) is 10.8. The van der Waals surface area contributed by atoms with Crippen molar-refractivity contribution in [3.05, 3.63) is 64.7 Å². The van der Waals surface area contributed by atoms with Gasteiger partial charge in [-0.2, -0.15) is 8.78 Å². The van der Waals surface area contributed by atoms with Gasteiger partial charge in [0, 0.05) is 5.56 Å². The number of carbonyl (C=O) groups excluding carboxylic acids is 3. The van der Waals surface area contributed by atoms with Gasteiger partial charge in [0.05, 0.1) is 6.54 Å². The number of ether oxygens (including phenoxy) is 1. The van der Waals surface area contributed by atoms with Crippen LogP contribution in [-0.2, 0) is 10.3 Å². The molecule has 1 N–H and O–H groups in total. The number of Topliss-reactive ketones (excluding diaryl/α,β-unsaturated/α-hetero) is 1. The molecule has 0 bridgehead atoms. The minimum Gasteiger partial charge on any atom is -0.435 e. The summed E-state index contributed by atoms with van der Waals surface area (Å²) in [5.74, 6) is -0.594. The van der Waals surface area contributed by atoms with E-state index in [1.807, 2.05) is 26.0 Å². The smallest absolute Gasteiger partial charge is 0.387 e. The number of benzene rings is 2. The van der Waals surface area contributed by atoms with Gasteiger partial charge in [0.2, 0.25) is 0 Å². The lowest BCUT2D eigenvalue weighted by Gasteiger charge is -2.22. The molecule has 1 saturated heterocycles. The molecule has 2 aromatic rings. The molecule has 0 radical (unpaired) electrons. The molecule has 8 heteroatoms. The van der Waals surface area contributed by atoms with Crippen molar-refractivity contribution in [1.82, 2.24) is 10.2 Å². The molecule has 3 rings (SSSR count). The Balaban J connectivity index is 1.83. The summed E-state index contributed by atoms with van der Waals surface area (Å²) in [6.45, 7) is 6.27. The van der Waals surface area contributed by atoms with E-state index >= 15 is 0 Å². The first-order valence-electron chi connectivity index (χ1n) is 10.8. The van der Waals surface area contributed by atoms with Gasteiger partial charge in [-0.3, -0.25) is 14.5 Å². The van der Waals surface area contributed by atoms with Crippen LogP contribution in [0.5, 0.6) is 5.75 Å². The predicted octanol–water partition coefficient (Wildman–Crippen LogP) is 5.18. The fourth-order valence-corrected chi connectivity index (χ4v) is 3.91. The third kappa shape index (κ3) is 4.89. The zero-order chi connectivity index (χ0) is 24.5. The minimum atomic E-state index is -2.97. The second-order valence-corrected chi connectivity index (χ2v) is 8.93. The summed E-state index contributed by atoms with van der Waals surface area (Å²) in [6.07, 6.45) is 0. The topological polar surface area (TPSA) is 75.7 Å². The van der Waals surface area contributed by atoms with Crippen molar-refractivity contribution in [2.24, 2.45) is 0 Å². The maximum atomic E-state index is 13.2. The van der Waals surface area contributed by atoms with E-state index in [-0.39, 0.29) is 17.5 Å². The average molecular weight is 459 g/mol. The number of urea groups is 1. The molecule has 1 fully saturated rings. The van der Waals surface area contributed by atoms with Gasteiger partial charge in [-0.05, 0) is 47.6 Å². The van der Waals surface area contributed by atoms with Gasteiger partial charge in [0.25, 0.3) is 5.91 Å². The lowest BCUT2D eigenvalue weighted by atomic mass is 9.89. The van der Waals surface area contributed by atoms with Crippen molar-refractivity contribution >= 4 is 17.7 Å². The van der Waals surface area contributed by atoms with Crippen LogP contribution in [0.4, 0.5) is 13.6 Å². The molecular weight excluding hydrogens is 430 g/mol. The van der Waals surface area contributed by atoms with Gasteiger partial charge in [-0.1, -0.05) is 58.0 Å². The highest BCUT2D eigenvalue weighted by atomic mass is 19.3. The van der Waals surface area contributed by atoms with Crippen LogP contribution in [-0.4, -0.2) is 35.8 Å². The molecule has 176 valence electrons. The Kier molecular flexibility index (Phi) is 6.86. The average Bonchev–Trinajstić information content (AvgIpc) is 2.97. The van der Waals surface area contributed by atoms with Crippen LogP contribution < -0.4 is 10.1 Å². The third-order valence-electron chi connectivity index (χ3n) is 5.90. The monoisotopic (exact) mass is 458 g/mol. The van der Waals surface area contributed by atoms with Crippen LogP contribution in [0.15, 0.2) is 42.5 Å². The first-order chi connectivity index (χ1) is 15.4. The molecule has 1 unspecified atom stereocenters. The molecule has 3 amide bonds. The normalized spacial score (nSPS) is 18.4. The number of amides is 3. The molecule has 0 aliphatic carbocycles. The summed E-state index contributed by atoms with van der Waals surface area (Å²) in [6, 6.07) is 10.4. The van der Waals surface area contributed by atoms with Gasteiger partial charge < -0.3 is 10.1 Å². The van der Waals surface area contributed by atoms with Crippen LogP contribution >= 0.6 is 0 Å². The zero-order valence-corrected chi connectivity index (χ0v) is 19.3. The first kappa shape index (κ1) is 24.4. The number of ketones is 1. The SMILES string of the molecule is CC(C)c1ccc(C(=O)CN2C(=O)NC(C)(c3ccc(OC(F)F)cc3)C2=O)c(C(C)C)c1. The molecular formula is C25H28F2N2O4. The van der Waals surface area contributed by atoms with E-state index in [4.69, 9.17) is 0 Å². The van der Waals surface area contributed by atoms with Crippen LogP contribution in [0, 0.1) is 0 Å². The second-order valence-electron chi connectivity index (χ2n) is 8.93. The molecule has 0 aromatic heterocycles. The summed E-state index contributed by atoms with van der Waals surface area (Å²) in [5, 5.41) is 2.62. The van der Waals surface area contributed by atoms with Gasteiger partial charge in [-0.25, -0.2) is 4.79 Å². The number of halogens is 2. The standard InChI is InChI=1S/C25H28F2N2O4/c1-14(2)16-6-11-19(20(12-16)15(3)4)21(30)13-29-22(31)25(5,28-24(29)32)17-7-9-18(10-8-17)33-23(26)27/h6-12,14-15,23H,13H2,1-5H3,(H,28,32). The number of nitrogens with one attached hydrogen (secondary N) is 1. The van der Waals surface area contributed by atoms with Crippen molar-refractivity contribution in [1.29, 1.82) is 0 Å². The molecule has 2 aromatic carbocycles. The summed E-state index contributed by atoms with van der Waals surface area (Å²) < 4.78 is 29.1. The molecule has 1 heterocycles. The number of hydrogen-bond donors (Lipinski definition) is 1. The Hall–Kier alpha value is -3.29. The fourth-order valence-electron chi connectivity index (χ4n) is 3.91. The van der Waals surface area contributed by atoms with Gasteiger partial charge >= 0.3 is 12.6 Å². The largest absolute Gasteiger partial charge is 0.435 e. The quantitative estimate of drug-likeness (QED) is 0.437. The number of alkyl halides is 2. The van der Waals surface area contributed by atoms with E-state index in [9.17, 15) is 23.2 Å². The van der Waals surface area contributed by atoms with E-state index in [0.29, 0.717) is 17.0 Å². The third-order valence-corrected chi connectivity index (χ3v) is 5.90. The molecule has 6 nitrogen and oxygen atoms in total. The Morgan fingerprint density at radius 2 is 1.67 bits per heavy atom. The van der Waals surface area contributed by atoms with Crippen LogP contribution in [0.3, 0.4) is 0 Å². The maximum absolute atomic E-state index is 13.2. The Morgan fingerprint density at radius 1 is 1.03 bits per heavy atom. The van der Waals surface area contributed by atoms with Crippen LogP contribution in [0.2, 0.25) is 0 Å². The minimum absolute atomic E-state index is 0.0628. The Bertz CT molecular complexity index is 1070. The number of carbonyl (C=O) groups is 3. The predicted molar refractivity (Wildman–Crippen MR) is 120 cm³/mol. The molecule has 1 aliphatic rings. The molecule has 1 atom stereocenters. The second kappa shape index (κ2) is 9.29. The van der Waals surface area contributed by atoms with Gasteiger partial charge in [0.15, 0.2) is 5.78 Å². The number of hydrogen-bond acceptors (Lipinski definition) is 4. The van der Waals surface area contributed by atoms with Crippen molar-refractivity contribution in [2.75, 3.05) is 6.54 Å². The fraction of sp³-hybridized carbons (Fsp3) is 0.400. The van der Waals surface area contributed by atoms with E-state index < -0.39 is 30.6 Å². The summed E-state index contributed by atoms with van der Waals surface area (Å²) >= 11 is 0. The van der Waals surface area contributed by atoms with Crippen molar-refractivity contribution in [3.8, 4) is 5.75 Å². The van der Waals surface area contributed by atoms with Crippen molar-refractivity contribution in [2.45, 2.75) is 58.6 Å².